The molecule has 1 saturated heterocycles. The molecule has 1 atom stereocenters. The van der Waals surface area contributed by atoms with Crippen LogP contribution in [0.25, 0.3) is 0 Å². The van der Waals surface area contributed by atoms with Gasteiger partial charge in [-0.05, 0) is 35.4 Å². The van der Waals surface area contributed by atoms with Crippen LogP contribution in [0.5, 0.6) is 0 Å². The summed E-state index contributed by atoms with van der Waals surface area (Å²) in [6, 6.07) is 9.38. The molecule has 2 aromatic rings. The maximum Gasteiger partial charge on any atom is 0.234 e. The number of amides is 1. The minimum Gasteiger partial charge on any atom is -0.351 e. The van der Waals surface area contributed by atoms with E-state index in [1.807, 2.05) is 11.0 Å². The third-order valence-corrected chi connectivity index (χ3v) is 4.35. The Hall–Kier alpha value is -2.09. The molecular weight excluding hydrogens is 379 g/mol. The van der Waals surface area contributed by atoms with Crippen LogP contribution in [0.1, 0.15) is 17.2 Å². The number of piperazine rings is 1. The summed E-state index contributed by atoms with van der Waals surface area (Å²) < 4.78 is 39.9. The zero-order valence-corrected chi connectivity index (χ0v) is 15.4. The number of carbonyl (C=O) groups is 1. The average Bonchev–Trinajstić information content (AvgIpc) is 2.60. The van der Waals surface area contributed by atoms with E-state index >= 15 is 0 Å². The molecule has 1 heterocycles. The zero-order valence-electron chi connectivity index (χ0n) is 14.6. The number of nitrogens with one attached hydrogen (secondary N) is 2. The fourth-order valence-corrected chi connectivity index (χ4v) is 3.13. The highest BCUT2D eigenvalue weighted by Crippen LogP contribution is 2.22. The average molecular weight is 400 g/mol. The molecule has 0 saturated carbocycles. The van der Waals surface area contributed by atoms with Gasteiger partial charge in [-0.15, -0.1) is 12.4 Å². The van der Waals surface area contributed by atoms with Gasteiger partial charge in [0.2, 0.25) is 5.91 Å². The minimum absolute atomic E-state index is 0. The van der Waals surface area contributed by atoms with E-state index in [0.29, 0.717) is 18.7 Å². The van der Waals surface area contributed by atoms with Gasteiger partial charge >= 0.3 is 0 Å². The van der Waals surface area contributed by atoms with E-state index in [4.69, 9.17) is 0 Å². The predicted molar refractivity (Wildman–Crippen MR) is 99.0 cm³/mol. The third kappa shape index (κ3) is 5.95. The van der Waals surface area contributed by atoms with Crippen LogP contribution in [0, 0.1) is 17.5 Å². The smallest absolute Gasteiger partial charge is 0.234 e. The van der Waals surface area contributed by atoms with Gasteiger partial charge in [-0.25, -0.2) is 13.2 Å². The Balaban J connectivity index is 0.00000261. The van der Waals surface area contributed by atoms with Gasteiger partial charge in [0.15, 0.2) is 0 Å². The summed E-state index contributed by atoms with van der Waals surface area (Å²) in [4.78, 5) is 14.2. The number of rotatable bonds is 5. The van der Waals surface area contributed by atoms with E-state index in [1.165, 1.54) is 24.3 Å². The van der Waals surface area contributed by atoms with Crippen LogP contribution in [0.3, 0.4) is 0 Å². The van der Waals surface area contributed by atoms with Gasteiger partial charge in [0.05, 0.1) is 6.54 Å². The largest absolute Gasteiger partial charge is 0.351 e. The molecule has 0 radical (unpaired) electrons. The summed E-state index contributed by atoms with van der Waals surface area (Å²) in [5.74, 6) is -1.92. The standard InChI is InChI=1S/C19H20F3N3O.ClH/c20-15-3-1-2-14(8-15)18-11-23-4-5-25(18)12-19(26)24-10-13-6-16(21)9-17(22)7-13;/h1-3,6-9,18,23H,4-5,10-12H2,(H,24,26);1H. The normalized spacial score (nSPS) is 17.2. The molecule has 1 fully saturated rings. The monoisotopic (exact) mass is 399 g/mol. The van der Waals surface area contributed by atoms with Crippen molar-refractivity contribution in [1.29, 1.82) is 0 Å². The van der Waals surface area contributed by atoms with Crippen LogP contribution in [0.15, 0.2) is 42.5 Å². The molecule has 4 nitrogen and oxygen atoms in total. The Morgan fingerprint density at radius 1 is 1.11 bits per heavy atom. The number of nitrogens with zero attached hydrogens (tertiary/aromatic N) is 1. The first-order valence-corrected chi connectivity index (χ1v) is 8.43. The maximum atomic E-state index is 13.5. The van der Waals surface area contributed by atoms with Crippen molar-refractivity contribution in [3.05, 3.63) is 71.0 Å². The van der Waals surface area contributed by atoms with E-state index < -0.39 is 11.6 Å². The summed E-state index contributed by atoms with van der Waals surface area (Å²) in [5.41, 5.74) is 1.16. The molecule has 0 aliphatic carbocycles. The number of hydrogen-bond donors (Lipinski definition) is 2. The molecule has 1 unspecified atom stereocenters. The van der Waals surface area contributed by atoms with Crippen LogP contribution in [-0.2, 0) is 11.3 Å². The van der Waals surface area contributed by atoms with Crippen molar-refractivity contribution in [3.8, 4) is 0 Å². The first-order valence-electron chi connectivity index (χ1n) is 8.43. The highest BCUT2D eigenvalue weighted by molar-refractivity contribution is 5.85. The lowest BCUT2D eigenvalue weighted by molar-refractivity contribution is -0.123. The highest BCUT2D eigenvalue weighted by atomic mass is 35.5. The van der Waals surface area contributed by atoms with Gasteiger partial charge in [-0.3, -0.25) is 9.69 Å². The van der Waals surface area contributed by atoms with Crippen LogP contribution in [0.2, 0.25) is 0 Å². The topological polar surface area (TPSA) is 44.4 Å². The molecule has 1 aliphatic heterocycles. The molecule has 27 heavy (non-hydrogen) atoms. The van der Waals surface area contributed by atoms with E-state index in [2.05, 4.69) is 10.6 Å². The quantitative estimate of drug-likeness (QED) is 0.812. The second-order valence-electron chi connectivity index (χ2n) is 6.30. The number of hydrogen-bond acceptors (Lipinski definition) is 3. The second-order valence-corrected chi connectivity index (χ2v) is 6.30. The van der Waals surface area contributed by atoms with Crippen LogP contribution >= 0.6 is 12.4 Å². The van der Waals surface area contributed by atoms with Gasteiger partial charge in [0, 0.05) is 38.3 Å². The fraction of sp³-hybridized carbons (Fsp3) is 0.316. The molecule has 1 amide bonds. The summed E-state index contributed by atoms with van der Waals surface area (Å²) in [6.07, 6.45) is 0. The Kier molecular flexibility index (Phi) is 7.65. The third-order valence-electron chi connectivity index (χ3n) is 4.35. The van der Waals surface area contributed by atoms with Crippen molar-refractivity contribution >= 4 is 18.3 Å². The van der Waals surface area contributed by atoms with E-state index in [0.717, 1.165) is 18.2 Å². The predicted octanol–water partition coefficient (Wildman–Crippen LogP) is 2.79. The van der Waals surface area contributed by atoms with E-state index in [-0.39, 0.29) is 43.3 Å². The molecule has 0 bridgehead atoms. The van der Waals surface area contributed by atoms with E-state index in [1.54, 1.807) is 6.07 Å². The van der Waals surface area contributed by atoms with Crippen molar-refractivity contribution in [2.45, 2.75) is 12.6 Å². The molecule has 0 spiro atoms. The van der Waals surface area contributed by atoms with E-state index in [9.17, 15) is 18.0 Å². The summed E-state index contributed by atoms with van der Waals surface area (Å²) >= 11 is 0. The summed E-state index contributed by atoms with van der Waals surface area (Å²) in [5, 5.41) is 5.92. The maximum absolute atomic E-state index is 13.5. The Labute approximate surface area is 162 Å². The lowest BCUT2D eigenvalue weighted by atomic mass is 10.0. The van der Waals surface area contributed by atoms with Crippen molar-refractivity contribution in [2.75, 3.05) is 26.2 Å². The van der Waals surface area contributed by atoms with Crippen molar-refractivity contribution in [3.63, 3.8) is 0 Å². The fourth-order valence-electron chi connectivity index (χ4n) is 3.13. The number of carbonyl (C=O) groups excluding carboxylic acids is 1. The molecular formula is C19H21ClF3N3O. The van der Waals surface area contributed by atoms with Gasteiger partial charge in [-0.1, -0.05) is 12.1 Å². The van der Waals surface area contributed by atoms with Crippen molar-refractivity contribution in [1.82, 2.24) is 15.5 Å². The SMILES string of the molecule is Cl.O=C(CN1CCNCC1c1cccc(F)c1)NCc1cc(F)cc(F)c1. The summed E-state index contributed by atoms with van der Waals surface area (Å²) in [6.45, 7) is 2.16. The Morgan fingerprint density at radius 2 is 1.85 bits per heavy atom. The first kappa shape index (κ1) is 21.2. The van der Waals surface area contributed by atoms with Gasteiger partial charge in [0.25, 0.3) is 0 Å². The molecule has 2 aromatic carbocycles. The molecule has 1 aliphatic rings. The van der Waals surface area contributed by atoms with Gasteiger partial charge < -0.3 is 10.6 Å². The minimum atomic E-state index is -0.678. The molecule has 2 N–H and O–H groups in total. The number of halogens is 4. The lowest BCUT2D eigenvalue weighted by Crippen LogP contribution is -2.49. The summed E-state index contributed by atoms with van der Waals surface area (Å²) in [7, 11) is 0. The van der Waals surface area contributed by atoms with Crippen LogP contribution in [0.4, 0.5) is 13.2 Å². The molecule has 146 valence electrons. The van der Waals surface area contributed by atoms with Crippen molar-refractivity contribution in [2.24, 2.45) is 0 Å². The second kappa shape index (κ2) is 9.73. The molecule has 0 aromatic heterocycles. The van der Waals surface area contributed by atoms with Gasteiger partial charge in [0.1, 0.15) is 17.5 Å². The highest BCUT2D eigenvalue weighted by Gasteiger charge is 2.25. The Morgan fingerprint density at radius 3 is 2.56 bits per heavy atom. The molecule has 8 heteroatoms. The van der Waals surface area contributed by atoms with Crippen LogP contribution in [-0.4, -0.2) is 37.0 Å². The number of benzene rings is 2. The zero-order chi connectivity index (χ0) is 18.5. The Bertz CT molecular complexity index is 770. The van der Waals surface area contributed by atoms with Crippen molar-refractivity contribution < 1.29 is 18.0 Å². The molecule has 3 rings (SSSR count). The first-order chi connectivity index (χ1) is 12.5. The van der Waals surface area contributed by atoms with Crippen LogP contribution < -0.4 is 10.6 Å². The lowest BCUT2D eigenvalue weighted by Gasteiger charge is -2.36. The van der Waals surface area contributed by atoms with Gasteiger partial charge in [-0.2, -0.15) is 0 Å².